The van der Waals surface area contributed by atoms with E-state index in [-0.39, 0.29) is 5.41 Å². The quantitative estimate of drug-likeness (QED) is 0.684. The lowest BCUT2D eigenvalue weighted by Crippen LogP contribution is -2.12. The van der Waals surface area contributed by atoms with Crippen LogP contribution in [0.3, 0.4) is 0 Å². The molecule has 1 aromatic heterocycles. The zero-order valence-electron chi connectivity index (χ0n) is 10.7. The lowest BCUT2D eigenvalue weighted by molar-refractivity contribution is 0.594. The molecule has 1 aromatic carbocycles. The van der Waals surface area contributed by atoms with Gasteiger partial charge in [-0.25, -0.2) is 0 Å². The lowest BCUT2D eigenvalue weighted by Gasteiger charge is -2.21. The summed E-state index contributed by atoms with van der Waals surface area (Å²) in [7, 11) is 0. The average molecular weight is 224 g/mol. The number of hydrogen-bond donors (Lipinski definition) is 0. The summed E-state index contributed by atoms with van der Waals surface area (Å²) in [6, 6.07) is 10.2. The van der Waals surface area contributed by atoms with Gasteiger partial charge >= 0.3 is 0 Å². The first-order valence-electron chi connectivity index (χ1n) is 5.74. The van der Waals surface area contributed by atoms with Gasteiger partial charge in [-0.05, 0) is 24.0 Å². The largest absolute Gasteiger partial charge is 0.253 e. The predicted octanol–water partition coefficient (Wildman–Crippen LogP) is 3.71. The summed E-state index contributed by atoms with van der Waals surface area (Å²) in [6.45, 7) is 8.42. The Kier molecular flexibility index (Phi) is 2.63. The third-order valence-corrected chi connectivity index (χ3v) is 2.90. The van der Waals surface area contributed by atoms with Gasteiger partial charge in [0.2, 0.25) is 0 Å². The Labute approximate surface area is 102 Å². The number of nitriles is 1. The van der Waals surface area contributed by atoms with Crippen molar-refractivity contribution < 1.29 is 0 Å². The van der Waals surface area contributed by atoms with Crippen molar-refractivity contribution in [2.24, 2.45) is 0 Å². The molecule has 2 heteroatoms. The molecule has 2 aromatic rings. The first kappa shape index (κ1) is 11.6. The highest BCUT2D eigenvalue weighted by molar-refractivity contribution is 5.88. The zero-order valence-corrected chi connectivity index (χ0v) is 10.7. The van der Waals surface area contributed by atoms with Crippen molar-refractivity contribution >= 4 is 10.9 Å². The Balaban J connectivity index is 2.91. The minimum atomic E-state index is 0.0348. The average Bonchev–Trinajstić information content (AvgIpc) is 2.25. The van der Waals surface area contributed by atoms with Gasteiger partial charge in [0.25, 0.3) is 0 Å². The molecule has 0 unspecified atom stereocenters. The maximum absolute atomic E-state index is 9.18. The summed E-state index contributed by atoms with van der Waals surface area (Å²) in [4.78, 5) is 4.60. The van der Waals surface area contributed by atoms with Crippen LogP contribution in [-0.4, -0.2) is 4.98 Å². The van der Waals surface area contributed by atoms with Crippen LogP contribution in [0.4, 0.5) is 0 Å². The van der Waals surface area contributed by atoms with Crippen molar-refractivity contribution in [3.05, 3.63) is 41.1 Å². The fourth-order valence-electron chi connectivity index (χ4n) is 2.07. The maximum atomic E-state index is 9.18. The SMILES string of the molecule is Cc1cc(C#N)c2cccc(C(C)(C)C)c2n1. The number of benzene rings is 1. The van der Waals surface area contributed by atoms with Crippen LogP contribution in [0.25, 0.3) is 10.9 Å². The van der Waals surface area contributed by atoms with E-state index in [4.69, 9.17) is 0 Å². The first-order chi connectivity index (χ1) is 7.93. The standard InChI is InChI=1S/C15H16N2/c1-10-8-11(9-16)12-6-5-7-13(14(12)17-10)15(2,3)4/h5-8H,1-4H3. The Morgan fingerprint density at radius 1 is 1.24 bits per heavy atom. The Bertz CT molecular complexity index is 613. The van der Waals surface area contributed by atoms with Gasteiger partial charge in [-0.1, -0.05) is 39.0 Å². The van der Waals surface area contributed by atoms with Gasteiger partial charge in [0.05, 0.1) is 17.1 Å². The van der Waals surface area contributed by atoms with Crippen molar-refractivity contribution in [1.29, 1.82) is 5.26 Å². The van der Waals surface area contributed by atoms with Crippen LogP contribution in [0.5, 0.6) is 0 Å². The highest BCUT2D eigenvalue weighted by atomic mass is 14.7. The number of para-hydroxylation sites is 1. The molecule has 0 aliphatic carbocycles. The van der Waals surface area contributed by atoms with E-state index in [1.54, 1.807) is 0 Å². The first-order valence-corrected chi connectivity index (χ1v) is 5.74. The third kappa shape index (κ3) is 2.01. The maximum Gasteiger partial charge on any atom is 0.0999 e. The lowest BCUT2D eigenvalue weighted by atomic mass is 9.85. The number of aromatic nitrogens is 1. The van der Waals surface area contributed by atoms with Crippen molar-refractivity contribution in [3.8, 4) is 6.07 Å². The van der Waals surface area contributed by atoms with Crippen LogP contribution >= 0.6 is 0 Å². The van der Waals surface area contributed by atoms with Crippen LogP contribution in [0, 0.1) is 18.3 Å². The molecule has 0 aliphatic rings. The summed E-state index contributed by atoms with van der Waals surface area (Å²) in [5.41, 5.74) is 3.78. The minimum Gasteiger partial charge on any atom is -0.253 e. The second kappa shape index (κ2) is 3.85. The van der Waals surface area contributed by atoms with E-state index in [0.29, 0.717) is 5.56 Å². The summed E-state index contributed by atoms with van der Waals surface area (Å²) in [5.74, 6) is 0. The van der Waals surface area contributed by atoms with Gasteiger partial charge in [-0.2, -0.15) is 5.26 Å². The summed E-state index contributed by atoms with van der Waals surface area (Å²) >= 11 is 0. The molecule has 2 nitrogen and oxygen atoms in total. The van der Waals surface area contributed by atoms with Crippen molar-refractivity contribution in [2.75, 3.05) is 0 Å². The van der Waals surface area contributed by atoms with Crippen LogP contribution in [-0.2, 0) is 5.41 Å². The van der Waals surface area contributed by atoms with Gasteiger partial charge in [0.15, 0.2) is 0 Å². The number of hydrogen-bond acceptors (Lipinski definition) is 2. The monoisotopic (exact) mass is 224 g/mol. The molecule has 17 heavy (non-hydrogen) atoms. The van der Waals surface area contributed by atoms with Gasteiger partial charge in [0.1, 0.15) is 0 Å². The molecule has 86 valence electrons. The van der Waals surface area contributed by atoms with Crippen LogP contribution in [0.2, 0.25) is 0 Å². The minimum absolute atomic E-state index is 0.0348. The fraction of sp³-hybridized carbons (Fsp3) is 0.333. The molecule has 0 atom stereocenters. The number of fused-ring (bicyclic) bond motifs is 1. The molecule has 0 saturated carbocycles. The Morgan fingerprint density at radius 2 is 1.94 bits per heavy atom. The summed E-state index contributed by atoms with van der Waals surface area (Å²) in [6.07, 6.45) is 0. The zero-order chi connectivity index (χ0) is 12.6. The molecule has 0 bridgehead atoms. The molecular weight excluding hydrogens is 208 g/mol. The van der Waals surface area contributed by atoms with Gasteiger partial charge < -0.3 is 0 Å². The highest BCUT2D eigenvalue weighted by Gasteiger charge is 2.18. The molecule has 0 amide bonds. The van der Waals surface area contributed by atoms with E-state index in [1.165, 1.54) is 5.56 Å². The summed E-state index contributed by atoms with van der Waals surface area (Å²) in [5, 5.41) is 10.1. The van der Waals surface area contributed by atoms with Gasteiger partial charge in [-0.15, -0.1) is 0 Å². The number of pyridine rings is 1. The van der Waals surface area contributed by atoms with Gasteiger partial charge in [-0.3, -0.25) is 4.98 Å². The van der Waals surface area contributed by atoms with Crippen LogP contribution in [0.1, 0.15) is 37.6 Å². The molecule has 0 spiro atoms. The molecule has 0 N–H and O–H groups in total. The summed E-state index contributed by atoms with van der Waals surface area (Å²) < 4.78 is 0. The van der Waals surface area contributed by atoms with E-state index < -0.39 is 0 Å². The van der Waals surface area contributed by atoms with Crippen molar-refractivity contribution in [2.45, 2.75) is 33.1 Å². The van der Waals surface area contributed by atoms with E-state index in [0.717, 1.165) is 16.6 Å². The highest BCUT2D eigenvalue weighted by Crippen LogP contribution is 2.30. The normalized spacial score (nSPS) is 11.5. The fourth-order valence-corrected chi connectivity index (χ4v) is 2.07. The third-order valence-electron chi connectivity index (χ3n) is 2.90. The smallest absolute Gasteiger partial charge is 0.0999 e. The number of rotatable bonds is 0. The molecule has 1 heterocycles. The van der Waals surface area contributed by atoms with E-state index in [1.807, 2.05) is 25.1 Å². The number of aryl methyl sites for hydroxylation is 1. The van der Waals surface area contributed by atoms with Crippen LogP contribution < -0.4 is 0 Å². The van der Waals surface area contributed by atoms with Crippen molar-refractivity contribution in [1.82, 2.24) is 4.98 Å². The van der Waals surface area contributed by atoms with Crippen LogP contribution in [0.15, 0.2) is 24.3 Å². The molecule has 0 saturated heterocycles. The molecule has 2 rings (SSSR count). The van der Waals surface area contributed by atoms with E-state index in [2.05, 4.69) is 37.9 Å². The second-order valence-electron chi connectivity index (χ2n) is 5.37. The van der Waals surface area contributed by atoms with Gasteiger partial charge in [0, 0.05) is 11.1 Å². The van der Waals surface area contributed by atoms with E-state index >= 15 is 0 Å². The second-order valence-corrected chi connectivity index (χ2v) is 5.37. The Morgan fingerprint density at radius 3 is 2.53 bits per heavy atom. The molecule has 0 radical (unpaired) electrons. The molecule has 0 fully saturated rings. The molecule has 0 aliphatic heterocycles. The molecular formula is C15H16N2. The van der Waals surface area contributed by atoms with E-state index in [9.17, 15) is 5.26 Å². The number of nitrogens with zero attached hydrogens (tertiary/aromatic N) is 2. The van der Waals surface area contributed by atoms with Crippen molar-refractivity contribution in [3.63, 3.8) is 0 Å². The topological polar surface area (TPSA) is 36.7 Å². The Hall–Kier alpha value is -1.88. The predicted molar refractivity (Wildman–Crippen MR) is 69.9 cm³/mol.